The van der Waals surface area contributed by atoms with Gasteiger partial charge < -0.3 is 5.32 Å². The molecule has 21 heavy (non-hydrogen) atoms. The number of carbonyl (C=O) groups excluding carboxylic acids is 1. The van der Waals surface area contributed by atoms with E-state index in [1.807, 2.05) is 55.8 Å². The van der Waals surface area contributed by atoms with Crippen molar-refractivity contribution in [2.75, 3.05) is 0 Å². The second-order valence-electron chi connectivity index (χ2n) is 5.88. The van der Waals surface area contributed by atoms with Crippen LogP contribution in [0, 0.1) is 6.92 Å². The summed E-state index contributed by atoms with van der Waals surface area (Å²) in [6.45, 7) is 9.98. The Balaban J connectivity index is 2.57. The molecule has 0 atom stereocenters. The van der Waals surface area contributed by atoms with Crippen LogP contribution in [0.5, 0.6) is 0 Å². The number of hydrogen-bond donors (Lipinski definition) is 1. The van der Waals surface area contributed by atoms with Gasteiger partial charge in [-0.1, -0.05) is 32.0 Å². The number of aromatic nitrogens is 2. The smallest absolute Gasteiger partial charge is 0.255 e. The Labute approximate surface area is 126 Å². The van der Waals surface area contributed by atoms with Crippen molar-refractivity contribution in [3.8, 4) is 5.69 Å². The van der Waals surface area contributed by atoms with E-state index in [1.165, 1.54) is 0 Å². The van der Waals surface area contributed by atoms with Crippen molar-refractivity contribution >= 4 is 5.91 Å². The zero-order chi connectivity index (χ0) is 15.6. The molecule has 2 aromatic rings. The Morgan fingerprint density at radius 3 is 2.29 bits per heavy atom. The van der Waals surface area contributed by atoms with Crippen LogP contribution in [-0.2, 0) is 0 Å². The van der Waals surface area contributed by atoms with E-state index in [0.717, 1.165) is 17.1 Å². The van der Waals surface area contributed by atoms with Gasteiger partial charge in [0, 0.05) is 6.04 Å². The van der Waals surface area contributed by atoms with Gasteiger partial charge in [-0.15, -0.1) is 0 Å². The summed E-state index contributed by atoms with van der Waals surface area (Å²) >= 11 is 0. The summed E-state index contributed by atoms with van der Waals surface area (Å²) in [7, 11) is 0. The molecule has 0 aliphatic heterocycles. The maximum atomic E-state index is 12.5. The highest BCUT2D eigenvalue weighted by atomic mass is 16.1. The van der Waals surface area contributed by atoms with Crippen LogP contribution in [0.4, 0.5) is 0 Å². The zero-order valence-electron chi connectivity index (χ0n) is 13.3. The van der Waals surface area contributed by atoms with Crippen molar-refractivity contribution in [2.45, 2.75) is 46.6 Å². The lowest BCUT2D eigenvalue weighted by atomic mass is 10.0. The highest BCUT2D eigenvalue weighted by Gasteiger charge is 2.24. The van der Waals surface area contributed by atoms with Gasteiger partial charge in [-0.3, -0.25) is 4.79 Å². The lowest BCUT2D eigenvalue weighted by Gasteiger charge is -2.14. The highest BCUT2D eigenvalue weighted by molar-refractivity contribution is 5.97. The fraction of sp³-hybridized carbons (Fsp3) is 0.412. The first-order chi connectivity index (χ1) is 9.91. The van der Waals surface area contributed by atoms with E-state index < -0.39 is 0 Å². The Morgan fingerprint density at radius 2 is 1.76 bits per heavy atom. The molecule has 4 heteroatoms. The molecule has 0 unspecified atom stereocenters. The van der Waals surface area contributed by atoms with E-state index in [2.05, 4.69) is 24.3 Å². The molecule has 0 fully saturated rings. The quantitative estimate of drug-likeness (QED) is 0.935. The van der Waals surface area contributed by atoms with Gasteiger partial charge in [0.1, 0.15) is 0 Å². The number of nitrogens with one attached hydrogen (secondary N) is 1. The molecule has 0 saturated carbocycles. The average Bonchev–Trinajstić information content (AvgIpc) is 2.77. The Morgan fingerprint density at radius 1 is 1.14 bits per heavy atom. The Bertz CT molecular complexity index is 627. The van der Waals surface area contributed by atoms with Gasteiger partial charge in [0.15, 0.2) is 0 Å². The van der Waals surface area contributed by atoms with Crippen LogP contribution in [-0.4, -0.2) is 21.7 Å². The third kappa shape index (κ3) is 3.15. The average molecular weight is 285 g/mol. The second-order valence-corrected chi connectivity index (χ2v) is 5.88. The van der Waals surface area contributed by atoms with E-state index in [0.29, 0.717) is 5.56 Å². The molecule has 1 N–H and O–H groups in total. The van der Waals surface area contributed by atoms with Crippen LogP contribution in [0.2, 0.25) is 0 Å². The van der Waals surface area contributed by atoms with E-state index in [-0.39, 0.29) is 17.9 Å². The first kappa shape index (κ1) is 15.3. The summed E-state index contributed by atoms with van der Waals surface area (Å²) in [6.07, 6.45) is 0. The molecule has 1 aromatic carbocycles. The zero-order valence-corrected chi connectivity index (χ0v) is 13.3. The van der Waals surface area contributed by atoms with E-state index in [9.17, 15) is 4.79 Å². The predicted octanol–water partition coefficient (Wildman–Crippen LogP) is 3.44. The van der Waals surface area contributed by atoms with Crippen molar-refractivity contribution in [3.63, 3.8) is 0 Å². The maximum Gasteiger partial charge on any atom is 0.255 e. The lowest BCUT2D eigenvalue weighted by molar-refractivity contribution is 0.0941. The van der Waals surface area contributed by atoms with Crippen molar-refractivity contribution in [3.05, 3.63) is 47.3 Å². The number of aryl methyl sites for hydroxylation is 1. The van der Waals surface area contributed by atoms with E-state index in [1.54, 1.807) is 0 Å². The van der Waals surface area contributed by atoms with Gasteiger partial charge in [0.2, 0.25) is 0 Å². The third-order valence-corrected chi connectivity index (χ3v) is 3.29. The molecule has 1 aromatic heterocycles. The molecule has 0 radical (unpaired) electrons. The van der Waals surface area contributed by atoms with Gasteiger partial charge in [-0.25, -0.2) is 4.68 Å². The molecule has 4 nitrogen and oxygen atoms in total. The SMILES string of the molecule is Cc1nn(-c2ccccc2)c(C(C)C)c1C(=O)NC(C)C. The molecule has 0 spiro atoms. The van der Waals surface area contributed by atoms with Gasteiger partial charge in [-0.2, -0.15) is 5.10 Å². The van der Waals surface area contributed by atoms with Crippen LogP contribution in [0.15, 0.2) is 30.3 Å². The minimum atomic E-state index is -0.0478. The number of benzene rings is 1. The minimum absolute atomic E-state index is 0.0478. The molecule has 112 valence electrons. The molecule has 1 heterocycles. The molecule has 1 amide bonds. The fourth-order valence-electron chi connectivity index (χ4n) is 2.46. The highest BCUT2D eigenvalue weighted by Crippen LogP contribution is 2.25. The lowest BCUT2D eigenvalue weighted by Crippen LogP contribution is -2.31. The van der Waals surface area contributed by atoms with Crippen LogP contribution >= 0.6 is 0 Å². The van der Waals surface area contributed by atoms with E-state index in [4.69, 9.17) is 0 Å². The van der Waals surface area contributed by atoms with Crippen molar-refractivity contribution in [1.82, 2.24) is 15.1 Å². The van der Waals surface area contributed by atoms with Crippen molar-refractivity contribution in [1.29, 1.82) is 0 Å². The van der Waals surface area contributed by atoms with E-state index >= 15 is 0 Å². The number of rotatable bonds is 4. The normalized spacial score (nSPS) is 11.2. The summed E-state index contributed by atoms with van der Waals surface area (Å²) in [6, 6.07) is 10.0. The van der Waals surface area contributed by atoms with Crippen molar-refractivity contribution in [2.24, 2.45) is 0 Å². The van der Waals surface area contributed by atoms with Crippen molar-refractivity contribution < 1.29 is 4.79 Å². The standard InChI is InChI=1S/C17H23N3O/c1-11(2)16-15(17(21)18-12(3)4)13(5)19-20(16)14-9-7-6-8-10-14/h6-12H,1-5H3,(H,18,21). The minimum Gasteiger partial charge on any atom is -0.350 e. The van der Waals surface area contributed by atoms with Crippen LogP contribution in [0.3, 0.4) is 0 Å². The summed E-state index contributed by atoms with van der Waals surface area (Å²) in [5.41, 5.74) is 3.40. The first-order valence-electron chi connectivity index (χ1n) is 7.37. The first-order valence-corrected chi connectivity index (χ1v) is 7.37. The Kier molecular flexibility index (Phi) is 4.46. The summed E-state index contributed by atoms with van der Waals surface area (Å²) < 4.78 is 1.88. The largest absolute Gasteiger partial charge is 0.350 e. The summed E-state index contributed by atoms with van der Waals surface area (Å²) in [5, 5.41) is 7.55. The van der Waals surface area contributed by atoms with Gasteiger partial charge >= 0.3 is 0 Å². The number of nitrogens with zero attached hydrogens (tertiary/aromatic N) is 2. The molecule has 0 saturated heterocycles. The summed E-state index contributed by atoms with van der Waals surface area (Å²) in [5.74, 6) is 0.160. The summed E-state index contributed by atoms with van der Waals surface area (Å²) in [4.78, 5) is 12.5. The molecule has 2 rings (SSSR count). The number of carbonyl (C=O) groups is 1. The number of para-hydroxylation sites is 1. The van der Waals surface area contributed by atoms with Crippen LogP contribution < -0.4 is 5.32 Å². The molecule has 0 aliphatic rings. The molecule has 0 aliphatic carbocycles. The Hall–Kier alpha value is -2.10. The number of hydrogen-bond acceptors (Lipinski definition) is 2. The van der Waals surface area contributed by atoms with Crippen LogP contribution in [0.25, 0.3) is 5.69 Å². The third-order valence-electron chi connectivity index (χ3n) is 3.29. The fourth-order valence-corrected chi connectivity index (χ4v) is 2.46. The van der Waals surface area contributed by atoms with Gasteiger partial charge in [0.05, 0.1) is 22.6 Å². The van der Waals surface area contributed by atoms with Crippen LogP contribution in [0.1, 0.15) is 55.4 Å². The molecular formula is C17H23N3O. The maximum absolute atomic E-state index is 12.5. The molecular weight excluding hydrogens is 262 g/mol. The topological polar surface area (TPSA) is 46.9 Å². The van der Waals surface area contributed by atoms with Gasteiger partial charge in [0.25, 0.3) is 5.91 Å². The second kappa shape index (κ2) is 6.12. The predicted molar refractivity (Wildman–Crippen MR) is 85.0 cm³/mol. The number of amides is 1. The monoisotopic (exact) mass is 285 g/mol. The molecule has 0 bridgehead atoms. The van der Waals surface area contributed by atoms with Gasteiger partial charge in [-0.05, 0) is 38.8 Å².